The molecule has 1 heterocycles. The lowest BCUT2D eigenvalue weighted by molar-refractivity contribution is -0.120. The van der Waals surface area contributed by atoms with Gasteiger partial charge in [0.25, 0.3) is 5.91 Å². The van der Waals surface area contributed by atoms with E-state index >= 15 is 0 Å². The Kier molecular flexibility index (Phi) is 5.19. The SMILES string of the molecule is CC(=O)N[C@H]1CCN(C(=O)c2ccc3c(c2)CCCC3)CC[C@@H]1O. The van der Waals surface area contributed by atoms with Gasteiger partial charge in [-0.05, 0) is 61.8 Å². The minimum absolute atomic E-state index is 0.0269. The molecule has 1 aliphatic carbocycles. The maximum atomic E-state index is 12.8. The number of benzene rings is 1. The van der Waals surface area contributed by atoms with Crippen LogP contribution < -0.4 is 5.32 Å². The summed E-state index contributed by atoms with van der Waals surface area (Å²) in [6.07, 6.45) is 5.06. The zero-order valence-corrected chi connectivity index (χ0v) is 14.3. The normalized spacial score (nSPS) is 24.0. The van der Waals surface area contributed by atoms with Gasteiger partial charge in [-0.2, -0.15) is 0 Å². The van der Waals surface area contributed by atoms with Crippen LogP contribution in [-0.4, -0.2) is 47.1 Å². The fourth-order valence-electron chi connectivity index (χ4n) is 3.77. The largest absolute Gasteiger partial charge is 0.391 e. The van der Waals surface area contributed by atoms with Gasteiger partial charge in [-0.3, -0.25) is 9.59 Å². The van der Waals surface area contributed by atoms with Gasteiger partial charge < -0.3 is 15.3 Å². The number of carbonyl (C=O) groups excluding carboxylic acids is 2. The quantitative estimate of drug-likeness (QED) is 0.866. The first-order valence-corrected chi connectivity index (χ1v) is 8.91. The highest BCUT2D eigenvalue weighted by atomic mass is 16.3. The third-order valence-electron chi connectivity index (χ3n) is 5.14. The lowest BCUT2D eigenvalue weighted by Gasteiger charge is -2.22. The van der Waals surface area contributed by atoms with E-state index in [-0.39, 0.29) is 17.9 Å². The first-order valence-electron chi connectivity index (χ1n) is 8.91. The number of aliphatic hydroxyl groups excluding tert-OH is 1. The van der Waals surface area contributed by atoms with Gasteiger partial charge >= 0.3 is 0 Å². The molecule has 1 saturated heterocycles. The summed E-state index contributed by atoms with van der Waals surface area (Å²) in [6, 6.07) is 5.79. The van der Waals surface area contributed by atoms with Crippen LogP contribution in [0.5, 0.6) is 0 Å². The molecule has 2 atom stereocenters. The molecule has 5 heteroatoms. The molecule has 0 unspecified atom stereocenters. The Labute approximate surface area is 143 Å². The third kappa shape index (κ3) is 3.78. The van der Waals surface area contributed by atoms with Crippen molar-refractivity contribution in [3.8, 4) is 0 Å². The second-order valence-electron chi connectivity index (χ2n) is 6.93. The summed E-state index contributed by atoms with van der Waals surface area (Å²) < 4.78 is 0. The van der Waals surface area contributed by atoms with Gasteiger partial charge in [0.05, 0.1) is 12.1 Å². The van der Waals surface area contributed by atoms with Crippen molar-refractivity contribution in [3.63, 3.8) is 0 Å². The summed E-state index contributed by atoms with van der Waals surface area (Å²) >= 11 is 0. The van der Waals surface area contributed by atoms with Crippen LogP contribution >= 0.6 is 0 Å². The minimum atomic E-state index is -0.602. The number of hydrogen-bond donors (Lipinski definition) is 2. The first-order chi connectivity index (χ1) is 11.5. The molecule has 0 aromatic heterocycles. The predicted molar refractivity (Wildman–Crippen MR) is 91.8 cm³/mol. The second-order valence-corrected chi connectivity index (χ2v) is 6.93. The van der Waals surface area contributed by atoms with Crippen LogP contribution in [0.1, 0.15) is 54.1 Å². The zero-order chi connectivity index (χ0) is 17.1. The van der Waals surface area contributed by atoms with Crippen LogP contribution in [0.4, 0.5) is 0 Å². The molecule has 0 radical (unpaired) electrons. The predicted octanol–water partition coefficient (Wildman–Crippen LogP) is 1.67. The maximum Gasteiger partial charge on any atom is 0.253 e. The van der Waals surface area contributed by atoms with Crippen LogP contribution in [0.25, 0.3) is 0 Å². The summed E-state index contributed by atoms with van der Waals surface area (Å²) in [4.78, 5) is 25.9. The van der Waals surface area contributed by atoms with E-state index in [1.165, 1.54) is 30.9 Å². The van der Waals surface area contributed by atoms with E-state index in [1.54, 1.807) is 4.90 Å². The number of amides is 2. The molecule has 5 nitrogen and oxygen atoms in total. The van der Waals surface area contributed by atoms with E-state index in [0.717, 1.165) is 18.4 Å². The Hall–Kier alpha value is -1.88. The van der Waals surface area contributed by atoms with Gasteiger partial charge in [0.2, 0.25) is 5.91 Å². The molecule has 24 heavy (non-hydrogen) atoms. The van der Waals surface area contributed by atoms with E-state index in [1.807, 2.05) is 12.1 Å². The molecule has 2 aliphatic rings. The van der Waals surface area contributed by atoms with Gasteiger partial charge in [0.15, 0.2) is 0 Å². The van der Waals surface area contributed by atoms with Crippen LogP contribution in [0.3, 0.4) is 0 Å². The van der Waals surface area contributed by atoms with Crippen molar-refractivity contribution in [2.24, 2.45) is 0 Å². The molecule has 2 amide bonds. The van der Waals surface area contributed by atoms with Crippen molar-refractivity contribution in [2.75, 3.05) is 13.1 Å². The van der Waals surface area contributed by atoms with E-state index in [9.17, 15) is 14.7 Å². The molecule has 3 rings (SSSR count). The van der Waals surface area contributed by atoms with Gasteiger partial charge in [0.1, 0.15) is 0 Å². The van der Waals surface area contributed by atoms with Crippen molar-refractivity contribution >= 4 is 11.8 Å². The number of aliphatic hydroxyl groups is 1. The molecule has 2 N–H and O–H groups in total. The van der Waals surface area contributed by atoms with Gasteiger partial charge in [0, 0.05) is 25.6 Å². The molecule has 1 aromatic carbocycles. The molecular formula is C19H26N2O3. The number of aryl methyl sites for hydroxylation is 2. The first kappa shape index (κ1) is 17.0. The van der Waals surface area contributed by atoms with Crippen molar-refractivity contribution in [3.05, 3.63) is 34.9 Å². The monoisotopic (exact) mass is 330 g/mol. The Morgan fingerprint density at radius 1 is 1.12 bits per heavy atom. The smallest absolute Gasteiger partial charge is 0.253 e. The molecule has 130 valence electrons. The standard InChI is InChI=1S/C19H26N2O3/c1-13(22)20-17-8-10-21(11-9-18(17)23)19(24)16-7-6-14-4-2-3-5-15(14)12-16/h6-7,12,17-18,23H,2-5,8-11H2,1H3,(H,20,22)/t17-,18-/m0/s1. The van der Waals surface area contributed by atoms with Crippen molar-refractivity contribution in [2.45, 2.75) is 57.6 Å². The molecule has 1 fully saturated rings. The number of nitrogens with one attached hydrogen (secondary N) is 1. The fourth-order valence-corrected chi connectivity index (χ4v) is 3.77. The number of nitrogens with zero attached hydrogens (tertiary/aromatic N) is 1. The highest BCUT2D eigenvalue weighted by molar-refractivity contribution is 5.94. The summed E-state index contributed by atoms with van der Waals surface area (Å²) in [5.41, 5.74) is 3.41. The minimum Gasteiger partial charge on any atom is -0.391 e. The Morgan fingerprint density at radius 3 is 2.58 bits per heavy atom. The van der Waals surface area contributed by atoms with Crippen molar-refractivity contribution in [1.29, 1.82) is 0 Å². The third-order valence-corrected chi connectivity index (χ3v) is 5.14. The average molecular weight is 330 g/mol. The van der Waals surface area contributed by atoms with E-state index in [4.69, 9.17) is 0 Å². The fraction of sp³-hybridized carbons (Fsp3) is 0.579. The van der Waals surface area contributed by atoms with Crippen LogP contribution in [0.2, 0.25) is 0 Å². The number of hydrogen-bond acceptors (Lipinski definition) is 3. The number of carbonyl (C=O) groups is 2. The van der Waals surface area contributed by atoms with Gasteiger partial charge in [-0.25, -0.2) is 0 Å². The molecule has 0 saturated carbocycles. The highest BCUT2D eigenvalue weighted by Crippen LogP contribution is 2.23. The summed E-state index contributed by atoms with van der Waals surface area (Å²) in [7, 11) is 0. The summed E-state index contributed by atoms with van der Waals surface area (Å²) in [6.45, 7) is 2.53. The molecular weight excluding hydrogens is 304 g/mol. The average Bonchev–Trinajstić information content (AvgIpc) is 2.76. The lowest BCUT2D eigenvalue weighted by atomic mass is 9.90. The Morgan fingerprint density at radius 2 is 1.83 bits per heavy atom. The topological polar surface area (TPSA) is 69.6 Å². The highest BCUT2D eigenvalue weighted by Gasteiger charge is 2.28. The van der Waals surface area contributed by atoms with E-state index < -0.39 is 6.10 Å². The summed E-state index contributed by atoms with van der Waals surface area (Å²) in [5, 5.41) is 13.0. The summed E-state index contributed by atoms with van der Waals surface area (Å²) in [5.74, 6) is -0.118. The van der Waals surface area contributed by atoms with Crippen LogP contribution in [-0.2, 0) is 17.6 Å². The number of rotatable bonds is 2. The maximum absolute atomic E-state index is 12.8. The van der Waals surface area contributed by atoms with E-state index in [2.05, 4.69) is 11.4 Å². The van der Waals surface area contributed by atoms with Crippen LogP contribution in [0, 0.1) is 0 Å². The zero-order valence-electron chi connectivity index (χ0n) is 14.3. The Bertz CT molecular complexity index is 629. The van der Waals surface area contributed by atoms with E-state index in [0.29, 0.717) is 25.9 Å². The molecule has 0 spiro atoms. The van der Waals surface area contributed by atoms with Crippen LogP contribution in [0.15, 0.2) is 18.2 Å². The molecule has 1 aromatic rings. The number of fused-ring (bicyclic) bond motifs is 1. The molecule has 0 bridgehead atoms. The second kappa shape index (κ2) is 7.34. The van der Waals surface area contributed by atoms with Crippen molar-refractivity contribution < 1.29 is 14.7 Å². The van der Waals surface area contributed by atoms with Gasteiger partial charge in [-0.1, -0.05) is 6.07 Å². The van der Waals surface area contributed by atoms with Crippen molar-refractivity contribution in [1.82, 2.24) is 10.2 Å². The number of likely N-dealkylation sites (tertiary alicyclic amines) is 1. The Balaban J connectivity index is 1.70. The lowest BCUT2D eigenvalue weighted by Crippen LogP contribution is -2.42. The van der Waals surface area contributed by atoms with Gasteiger partial charge in [-0.15, -0.1) is 0 Å². The molecule has 1 aliphatic heterocycles.